The van der Waals surface area contributed by atoms with E-state index in [1.807, 2.05) is 0 Å². The lowest BCUT2D eigenvalue weighted by molar-refractivity contribution is -0.138. The fourth-order valence-electron chi connectivity index (χ4n) is 0.698. The number of hydrogen-bond acceptors (Lipinski definition) is 1. The lowest BCUT2D eigenvalue weighted by Crippen LogP contribution is -1.97. The highest BCUT2D eigenvalue weighted by Gasteiger charge is 2.42. The maximum Gasteiger partial charge on any atom is 0.307 e. The van der Waals surface area contributed by atoms with Crippen LogP contribution in [0.1, 0.15) is 6.42 Å². The number of carbonyl (C=O) groups is 1. The van der Waals surface area contributed by atoms with Crippen molar-refractivity contribution in [1.29, 1.82) is 0 Å². The van der Waals surface area contributed by atoms with Crippen LogP contribution in [0, 0.1) is 23.1 Å². The van der Waals surface area contributed by atoms with Crippen molar-refractivity contribution in [3.8, 4) is 11.3 Å². The van der Waals surface area contributed by atoms with E-state index < -0.39 is 5.97 Å². The average molecular weight is 145 g/mol. The van der Waals surface area contributed by atoms with Crippen LogP contribution < -0.4 is 0 Å². The van der Waals surface area contributed by atoms with Crippen molar-refractivity contribution < 1.29 is 9.90 Å². The quantitative estimate of drug-likeness (QED) is 0.556. The first kappa shape index (κ1) is 6.44. The molecular formula is C6H5ClO2. The van der Waals surface area contributed by atoms with Crippen LogP contribution in [0.25, 0.3) is 0 Å². The van der Waals surface area contributed by atoms with Gasteiger partial charge >= 0.3 is 5.97 Å². The van der Waals surface area contributed by atoms with Crippen molar-refractivity contribution in [3.05, 3.63) is 0 Å². The largest absolute Gasteiger partial charge is 0.481 e. The molecule has 2 unspecified atom stereocenters. The smallest absolute Gasteiger partial charge is 0.307 e. The Bertz CT molecular complexity index is 189. The molecule has 0 aromatic heterocycles. The van der Waals surface area contributed by atoms with Crippen LogP contribution in [0.2, 0.25) is 0 Å². The van der Waals surface area contributed by atoms with Gasteiger partial charge in [-0.25, -0.2) is 0 Å². The van der Waals surface area contributed by atoms with Gasteiger partial charge in [-0.3, -0.25) is 4.79 Å². The molecule has 1 aliphatic rings. The summed E-state index contributed by atoms with van der Waals surface area (Å²) in [6.45, 7) is 0. The van der Waals surface area contributed by atoms with E-state index in [-0.39, 0.29) is 11.8 Å². The minimum absolute atomic E-state index is 0.0139. The van der Waals surface area contributed by atoms with E-state index in [2.05, 4.69) is 11.3 Å². The van der Waals surface area contributed by atoms with Gasteiger partial charge in [0.05, 0.1) is 5.92 Å². The molecule has 3 heteroatoms. The molecule has 48 valence electrons. The van der Waals surface area contributed by atoms with Crippen LogP contribution in [0.3, 0.4) is 0 Å². The van der Waals surface area contributed by atoms with Crippen LogP contribution in [0.4, 0.5) is 0 Å². The topological polar surface area (TPSA) is 37.3 Å². The van der Waals surface area contributed by atoms with Crippen molar-refractivity contribution in [1.82, 2.24) is 0 Å². The Morgan fingerprint density at radius 3 is 2.78 bits per heavy atom. The van der Waals surface area contributed by atoms with Crippen molar-refractivity contribution >= 4 is 17.6 Å². The Morgan fingerprint density at radius 2 is 2.44 bits per heavy atom. The number of rotatable bonds is 1. The zero-order valence-corrected chi connectivity index (χ0v) is 5.35. The van der Waals surface area contributed by atoms with E-state index in [1.165, 1.54) is 0 Å². The van der Waals surface area contributed by atoms with E-state index in [1.54, 1.807) is 0 Å². The van der Waals surface area contributed by atoms with Gasteiger partial charge in [0, 0.05) is 11.3 Å². The minimum Gasteiger partial charge on any atom is -0.481 e. The molecule has 1 aliphatic carbocycles. The lowest BCUT2D eigenvalue weighted by atomic mass is 10.3. The lowest BCUT2D eigenvalue weighted by Gasteiger charge is -1.80. The Kier molecular flexibility index (Phi) is 1.63. The van der Waals surface area contributed by atoms with E-state index >= 15 is 0 Å². The summed E-state index contributed by atoms with van der Waals surface area (Å²) in [6, 6.07) is 0. The third-order valence-corrected chi connectivity index (χ3v) is 1.46. The van der Waals surface area contributed by atoms with Gasteiger partial charge in [0.2, 0.25) is 0 Å². The standard InChI is InChI=1S/C6H5ClO2/c7-2-1-4-3-5(4)6(8)9/h4-5H,3H2,(H,8,9). The second kappa shape index (κ2) is 2.28. The van der Waals surface area contributed by atoms with Gasteiger partial charge in [0.15, 0.2) is 0 Å². The number of aliphatic carboxylic acids is 1. The Labute approximate surface area is 57.8 Å². The monoisotopic (exact) mass is 144 g/mol. The molecule has 0 aliphatic heterocycles. The second-order valence-electron chi connectivity index (χ2n) is 2.03. The molecule has 0 bridgehead atoms. The number of halogens is 1. The molecule has 0 saturated heterocycles. The Balaban J connectivity index is 2.39. The maximum atomic E-state index is 10.1. The molecule has 1 fully saturated rings. The van der Waals surface area contributed by atoms with E-state index in [0.717, 1.165) is 0 Å². The first-order valence-electron chi connectivity index (χ1n) is 2.59. The first-order chi connectivity index (χ1) is 4.25. The SMILES string of the molecule is O=C(O)C1CC1C#CCl. The first-order valence-corrected chi connectivity index (χ1v) is 2.97. The number of hydrogen-bond donors (Lipinski definition) is 1. The Morgan fingerprint density at radius 1 is 1.78 bits per heavy atom. The van der Waals surface area contributed by atoms with Gasteiger partial charge in [-0.1, -0.05) is 5.92 Å². The van der Waals surface area contributed by atoms with E-state index in [9.17, 15) is 4.79 Å². The Hall–Kier alpha value is -0.680. The number of carboxylic acid groups (broad SMARTS) is 1. The highest BCUT2D eigenvalue weighted by atomic mass is 35.5. The minimum atomic E-state index is -0.764. The van der Waals surface area contributed by atoms with Crippen molar-refractivity contribution in [2.75, 3.05) is 0 Å². The van der Waals surface area contributed by atoms with Gasteiger partial charge in [0.1, 0.15) is 0 Å². The zero-order valence-electron chi connectivity index (χ0n) is 4.60. The molecule has 0 amide bonds. The molecule has 1 saturated carbocycles. The summed E-state index contributed by atoms with van der Waals surface area (Å²) in [6.07, 6.45) is 0.662. The summed E-state index contributed by atoms with van der Waals surface area (Å²) in [5, 5.41) is 10.5. The molecular weight excluding hydrogens is 140 g/mol. The summed E-state index contributed by atoms with van der Waals surface area (Å²) >= 11 is 5.05. The van der Waals surface area contributed by atoms with Crippen molar-refractivity contribution in [2.45, 2.75) is 6.42 Å². The molecule has 2 atom stereocenters. The van der Waals surface area contributed by atoms with Crippen molar-refractivity contribution in [2.24, 2.45) is 11.8 Å². The summed E-state index contributed by atoms with van der Waals surface area (Å²) in [7, 11) is 0. The summed E-state index contributed by atoms with van der Waals surface area (Å²) in [5.41, 5.74) is 0. The fourth-order valence-corrected chi connectivity index (χ4v) is 0.838. The summed E-state index contributed by atoms with van der Waals surface area (Å²) in [4.78, 5) is 10.1. The van der Waals surface area contributed by atoms with Crippen LogP contribution in [0.5, 0.6) is 0 Å². The summed E-state index contributed by atoms with van der Waals surface area (Å²) < 4.78 is 0. The average Bonchev–Trinajstić information content (AvgIpc) is 2.47. The van der Waals surface area contributed by atoms with Crippen LogP contribution in [-0.2, 0) is 4.79 Å². The van der Waals surface area contributed by atoms with Crippen LogP contribution in [-0.4, -0.2) is 11.1 Å². The molecule has 0 radical (unpaired) electrons. The third kappa shape index (κ3) is 1.36. The van der Waals surface area contributed by atoms with E-state index in [0.29, 0.717) is 6.42 Å². The number of carboxylic acids is 1. The van der Waals surface area contributed by atoms with Crippen molar-refractivity contribution in [3.63, 3.8) is 0 Å². The van der Waals surface area contributed by atoms with Gasteiger partial charge in [0.25, 0.3) is 0 Å². The normalized spacial score (nSPS) is 30.3. The van der Waals surface area contributed by atoms with Gasteiger partial charge in [-0.2, -0.15) is 0 Å². The van der Waals surface area contributed by atoms with Gasteiger partial charge < -0.3 is 5.11 Å². The summed E-state index contributed by atoms with van der Waals surface area (Å²) in [5.74, 6) is 1.58. The van der Waals surface area contributed by atoms with Gasteiger partial charge in [-0.15, -0.1) is 0 Å². The van der Waals surface area contributed by atoms with Crippen LogP contribution in [0.15, 0.2) is 0 Å². The molecule has 9 heavy (non-hydrogen) atoms. The van der Waals surface area contributed by atoms with Crippen LogP contribution >= 0.6 is 11.6 Å². The molecule has 2 nitrogen and oxygen atoms in total. The molecule has 0 aromatic carbocycles. The molecule has 0 heterocycles. The second-order valence-corrected chi connectivity index (χ2v) is 2.21. The molecule has 0 spiro atoms. The fraction of sp³-hybridized carbons (Fsp3) is 0.500. The van der Waals surface area contributed by atoms with E-state index in [4.69, 9.17) is 16.7 Å². The predicted octanol–water partition coefficient (Wildman–Crippen LogP) is 0.907. The molecule has 1 rings (SSSR count). The molecule has 1 N–H and O–H groups in total. The van der Waals surface area contributed by atoms with Gasteiger partial charge in [-0.05, 0) is 18.0 Å². The highest BCUT2D eigenvalue weighted by Crippen LogP contribution is 2.37. The zero-order chi connectivity index (χ0) is 6.85. The maximum absolute atomic E-state index is 10.1. The molecule has 0 aromatic rings. The third-order valence-electron chi connectivity index (χ3n) is 1.35. The highest BCUT2D eigenvalue weighted by molar-refractivity contribution is 6.30. The predicted molar refractivity (Wildman–Crippen MR) is 32.9 cm³/mol.